The van der Waals surface area contributed by atoms with Gasteiger partial charge in [-0.3, -0.25) is 4.57 Å². The molecular weight excluding hydrogens is 560 g/mol. The molecule has 0 amide bonds. The van der Waals surface area contributed by atoms with Gasteiger partial charge >= 0.3 is 0 Å². The number of para-hydroxylation sites is 2. The van der Waals surface area contributed by atoms with Crippen LogP contribution in [0.4, 0.5) is 0 Å². The number of rotatable bonds is 4. The molecule has 0 aliphatic rings. The Hall–Kier alpha value is -6.26. The Bertz CT molecular complexity index is 2710. The predicted molar refractivity (Wildman–Crippen MR) is 193 cm³/mol. The Morgan fingerprint density at radius 1 is 0.543 bits per heavy atom. The average molecular weight is 589 g/mol. The Morgan fingerprint density at radius 3 is 2.00 bits per heavy atom. The zero-order chi connectivity index (χ0) is 30.8. The molecule has 0 saturated heterocycles. The molecule has 5 aromatic carbocycles. The van der Waals surface area contributed by atoms with Gasteiger partial charge in [-0.2, -0.15) is 0 Å². The molecular formula is C42H28N4. The summed E-state index contributed by atoms with van der Waals surface area (Å²) in [7, 11) is 0. The van der Waals surface area contributed by atoms with Crippen LogP contribution < -0.4 is 10.4 Å². The van der Waals surface area contributed by atoms with E-state index in [1.807, 2.05) is 42.5 Å². The van der Waals surface area contributed by atoms with Gasteiger partial charge in [0.25, 0.3) is 0 Å². The van der Waals surface area contributed by atoms with Crippen LogP contribution in [0.3, 0.4) is 0 Å². The molecule has 0 unspecified atom stereocenters. The van der Waals surface area contributed by atoms with Gasteiger partial charge in [0.2, 0.25) is 0 Å². The molecule has 0 fully saturated rings. The van der Waals surface area contributed by atoms with Crippen molar-refractivity contribution in [1.29, 1.82) is 0 Å². The second kappa shape index (κ2) is 10.1. The van der Waals surface area contributed by atoms with Crippen LogP contribution in [0.2, 0.25) is 0 Å². The molecule has 216 valence electrons. The van der Waals surface area contributed by atoms with Gasteiger partial charge in [0, 0.05) is 38.7 Å². The van der Waals surface area contributed by atoms with Crippen molar-refractivity contribution >= 4 is 61.8 Å². The Kier molecular flexibility index (Phi) is 5.77. The number of nitrogens with zero attached hydrogens (tertiary/aromatic N) is 4. The first kappa shape index (κ1) is 26.2. The van der Waals surface area contributed by atoms with Crippen LogP contribution in [0.5, 0.6) is 0 Å². The van der Waals surface area contributed by atoms with Crippen molar-refractivity contribution in [3.8, 4) is 28.5 Å². The van der Waals surface area contributed by atoms with Crippen molar-refractivity contribution in [3.05, 3.63) is 157 Å². The van der Waals surface area contributed by atoms with Crippen LogP contribution in [0.25, 0.3) is 90.2 Å². The molecule has 0 spiro atoms. The second-order valence-corrected chi connectivity index (χ2v) is 11.6. The van der Waals surface area contributed by atoms with E-state index in [1.165, 1.54) is 5.39 Å². The maximum absolute atomic E-state index is 5.22. The molecule has 4 aromatic heterocycles. The van der Waals surface area contributed by atoms with Gasteiger partial charge in [-0.1, -0.05) is 122 Å². The molecule has 46 heavy (non-hydrogen) atoms. The van der Waals surface area contributed by atoms with E-state index in [0.29, 0.717) is 5.82 Å². The van der Waals surface area contributed by atoms with Crippen LogP contribution in [0.1, 0.15) is 0 Å². The van der Waals surface area contributed by atoms with Crippen LogP contribution in [0, 0.1) is 0 Å². The molecule has 0 N–H and O–H groups in total. The minimum absolute atomic E-state index is 0.685. The molecule has 0 aliphatic heterocycles. The Morgan fingerprint density at radius 2 is 1.22 bits per heavy atom. The summed E-state index contributed by atoms with van der Waals surface area (Å²) in [5, 5.41) is 6.66. The smallest absolute Gasteiger partial charge is 0.162 e. The summed E-state index contributed by atoms with van der Waals surface area (Å²) < 4.78 is 4.63. The third kappa shape index (κ3) is 3.87. The topological polar surface area (TPSA) is 35.1 Å². The largest absolute Gasteiger partial charge is 0.309 e. The van der Waals surface area contributed by atoms with Gasteiger partial charge in [-0.25, -0.2) is 9.97 Å². The van der Waals surface area contributed by atoms with E-state index in [4.69, 9.17) is 9.97 Å². The fraction of sp³-hybridized carbons (Fsp3) is 0. The van der Waals surface area contributed by atoms with Crippen molar-refractivity contribution in [3.63, 3.8) is 0 Å². The minimum Gasteiger partial charge on any atom is -0.309 e. The van der Waals surface area contributed by atoms with Gasteiger partial charge in [-0.05, 0) is 40.8 Å². The summed E-state index contributed by atoms with van der Waals surface area (Å²) in [5.41, 5.74) is 8.43. The van der Waals surface area contributed by atoms with Crippen molar-refractivity contribution < 1.29 is 0 Å². The van der Waals surface area contributed by atoms with E-state index in [1.54, 1.807) is 0 Å². The third-order valence-electron chi connectivity index (χ3n) is 8.99. The predicted octanol–water partition coefficient (Wildman–Crippen LogP) is 8.84. The Labute approximate surface area is 265 Å². The van der Waals surface area contributed by atoms with E-state index in [-0.39, 0.29) is 0 Å². The van der Waals surface area contributed by atoms with E-state index in [2.05, 4.69) is 125 Å². The highest BCUT2D eigenvalue weighted by Gasteiger charge is 2.19. The summed E-state index contributed by atoms with van der Waals surface area (Å²) in [4.78, 5) is 10.3. The lowest BCUT2D eigenvalue weighted by Crippen LogP contribution is -2.26. The second-order valence-electron chi connectivity index (χ2n) is 11.6. The molecule has 0 aliphatic carbocycles. The van der Waals surface area contributed by atoms with Gasteiger partial charge < -0.3 is 4.40 Å². The van der Waals surface area contributed by atoms with Crippen LogP contribution in [-0.2, 0) is 0 Å². The highest BCUT2D eigenvalue weighted by Crippen LogP contribution is 2.36. The fourth-order valence-electron chi connectivity index (χ4n) is 6.92. The number of allylic oxidation sites excluding steroid dienone is 1. The maximum Gasteiger partial charge on any atom is 0.162 e. The SMILES string of the molecule is C=C/C=c1\c(=C)c2cc3ccccc3n2c2cc3c4ccccc4n(-c4cc(-c5ccccc5)nc(-c5ccccc5)n4)c3cc12. The number of aromatic nitrogens is 4. The molecule has 4 heteroatoms. The number of hydrogen-bond acceptors (Lipinski definition) is 2. The molecule has 0 radical (unpaired) electrons. The maximum atomic E-state index is 5.22. The Balaban J connectivity index is 1.45. The zero-order valence-electron chi connectivity index (χ0n) is 25.1. The summed E-state index contributed by atoms with van der Waals surface area (Å²) >= 11 is 0. The first-order chi connectivity index (χ1) is 22.7. The molecule has 0 saturated carbocycles. The molecule has 4 heterocycles. The molecule has 0 atom stereocenters. The summed E-state index contributed by atoms with van der Waals surface area (Å²) in [6.07, 6.45) is 3.93. The van der Waals surface area contributed by atoms with Crippen molar-refractivity contribution in [2.45, 2.75) is 0 Å². The lowest BCUT2D eigenvalue weighted by atomic mass is 10.1. The van der Waals surface area contributed by atoms with Gasteiger partial charge in [0.15, 0.2) is 5.82 Å². The lowest BCUT2D eigenvalue weighted by molar-refractivity contribution is 1.05. The molecule has 9 aromatic rings. The lowest BCUT2D eigenvalue weighted by Gasteiger charge is -2.13. The molecule has 0 bridgehead atoms. The van der Waals surface area contributed by atoms with Gasteiger partial charge in [0.05, 0.1) is 33.3 Å². The summed E-state index contributed by atoms with van der Waals surface area (Å²) in [6.45, 7) is 8.63. The highest BCUT2D eigenvalue weighted by atomic mass is 15.1. The monoisotopic (exact) mass is 588 g/mol. The minimum atomic E-state index is 0.685. The fourth-order valence-corrected chi connectivity index (χ4v) is 6.92. The first-order valence-electron chi connectivity index (χ1n) is 15.4. The van der Waals surface area contributed by atoms with Gasteiger partial charge in [0.1, 0.15) is 5.82 Å². The van der Waals surface area contributed by atoms with Crippen molar-refractivity contribution in [1.82, 2.24) is 18.9 Å². The van der Waals surface area contributed by atoms with Crippen molar-refractivity contribution in [2.75, 3.05) is 0 Å². The van der Waals surface area contributed by atoms with E-state index in [9.17, 15) is 0 Å². The first-order valence-corrected chi connectivity index (χ1v) is 15.4. The quantitative estimate of drug-likeness (QED) is 0.206. The van der Waals surface area contributed by atoms with Crippen LogP contribution >= 0.6 is 0 Å². The molecule has 4 nitrogen and oxygen atoms in total. The molecule has 9 rings (SSSR count). The number of fused-ring (bicyclic) bond motifs is 8. The van der Waals surface area contributed by atoms with Crippen LogP contribution in [0.15, 0.2) is 146 Å². The standard InChI is InChI=1S/C42H28N4/c1-3-14-31-27(2)38-23-30-19-10-12-21-36(30)45(38)39-25-34-32-20-11-13-22-37(32)46(40(34)24-33(31)39)41-26-35(28-15-6-4-7-16-28)43-42(44-41)29-17-8-5-9-18-29/h3-26H,1-2H2/b31-14+. The normalized spacial score (nSPS) is 12.2. The summed E-state index contributed by atoms with van der Waals surface area (Å²) in [5.74, 6) is 1.50. The van der Waals surface area contributed by atoms with Crippen LogP contribution in [-0.4, -0.2) is 18.9 Å². The van der Waals surface area contributed by atoms with E-state index in [0.717, 1.165) is 76.8 Å². The van der Waals surface area contributed by atoms with Crippen molar-refractivity contribution in [2.24, 2.45) is 0 Å². The third-order valence-corrected chi connectivity index (χ3v) is 8.99. The van der Waals surface area contributed by atoms with E-state index >= 15 is 0 Å². The number of benzene rings is 5. The van der Waals surface area contributed by atoms with Gasteiger partial charge in [-0.15, -0.1) is 0 Å². The number of pyridine rings is 1. The summed E-state index contributed by atoms with van der Waals surface area (Å²) in [6, 6.07) is 46.6. The van der Waals surface area contributed by atoms with E-state index < -0.39 is 0 Å². The highest BCUT2D eigenvalue weighted by molar-refractivity contribution is 6.14. The average Bonchev–Trinajstić information content (AvgIpc) is 3.66. The zero-order valence-corrected chi connectivity index (χ0v) is 25.1. The number of hydrogen-bond donors (Lipinski definition) is 0.